The number of aryl methyl sites for hydroxylation is 11. The van der Waals surface area contributed by atoms with Gasteiger partial charge in [-0.3, -0.25) is 0 Å². The fourth-order valence-corrected chi connectivity index (χ4v) is 10.4. The molecule has 5 heterocycles. The first-order valence-corrected chi connectivity index (χ1v) is 29.6. The highest BCUT2D eigenvalue weighted by Gasteiger charge is 2.20. The minimum atomic E-state index is 0.539. The number of rotatable bonds is 10. The number of hydrogen-bond donors (Lipinski definition) is 0. The van der Waals surface area contributed by atoms with Crippen molar-refractivity contribution in [3.63, 3.8) is 0 Å². The lowest BCUT2D eigenvalue weighted by Gasteiger charge is -2.11. The number of pyridine rings is 5. The van der Waals surface area contributed by atoms with Crippen molar-refractivity contribution in [1.82, 2.24) is 0 Å². The Kier molecular flexibility index (Phi) is 23.5. The Morgan fingerprint density at radius 3 is 1.26 bits per heavy atom. The van der Waals surface area contributed by atoms with E-state index in [0.29, 0.717) is 17.8 Å². The summed E-state index contributed by atoms with van der Waals surface area (Å²) in [6.45, 7) is 26.5. The second-order valence-electron chi connectivity index (χ2n) is 22.7. The van der Waals surface area contributed by atoms with Crippen LogP contribution in [0.3, 0.4) is 0 Å². The van der Waals surface area contributed by atoms with Crippen molar-refractivity contribution < 1.29 is 22.8 Å². The Balaban J connectivity index is 0.000000165. The van der Waals surface area contributed by atoms with Crippen LogP contribution in [0.25, 0.3) is 56.3 Å². The van der Waals surface area contributed by atoms with E-state index in [1.807, 2.05) is 6.07 Å². The van der Waals surface area contributed by atoms with Crippen LogP contribution in [0.2, 0.25) is 0 Å². The van der Waals surface area contributed by atoms with Crippen molar-refractivity contribution in [2.24, 2.45) is 35.2 Å². The largest absolute Gasteiger partial charge is 0.215 e. The fraction of sp³-hybridized carbons (Fsp3) is 0.286. The first-order valence-electron chi connectivity index (χ1n) is 29.6. The van der Waals surface area contributed by atoms with E-state index in [1.54, 1.807) is 0 Å². The maximum absolute atomic E-state index is 2.30. The highest BCUT2D eigenvalue weighted by atomic mass is 14.9. The summed E-state index contributed by atoms with van der Waals surface area (Å²) in [5.74, 6) is 1.69. The van der Waals surface area contributed by atoms with Crippen LogP contribution < -0.4 is 22.8 Å². The van der Waals surface area contributed by atoms with Crippen LogP contribution >= 0.6 is 0 Å². The van der Waals surface area contributed by atoms with E-state index in [1.165, 1.54) is 106 Å². The number of nitrogens with zero attached hydrogens (tertiary/aromatic N) is 5. The summed E-state index contributed by atoms with van der Waals surface area (Å²) in [5.41, 5.74) is 25.3. The van der Waals surface area contributed by atoms with Gasteiger partial charge >= 0.3 is 0 Å². The summed E-state index contributed by atoms with van der Waals surface area (Å²) < 4.78 is 11.0. The van der Waals surface area contributed by atoms with Crippen molar-refractivity contribution in [1.29, 1.82) is 0 Å². The maximum atomic E-state index is 2.30. The molecule has 0 spiro atoms. The van der Waals surface area contributed by atoms with Gasteiger partial charge in [-0.25, -0.2) is 22.8 Å². The van der Waals surface area contributed by atoms with Crippen LogP contribution in [0.4, 0.5) is 0 Å². The molecule has 0 fully saturated rings. The van der Waals surface area contributed by atoms with Crippen molar-refractivity contribution in [2.45, 2.75) is 114 Å². The Morgan fingerprint density at radius 2 is 0.780 bits per heavy atom. The normalized spacial score (nSPS) is 10.7. The molecule has 10 rings (SSSR count). The van der Waals surface area contributed by atoms with Crippen molar-refractivity contribution in [3.05, 3.63) is 269 Å². The molecule has 82 heavy (non-hydrogen) atoms. The van der Waals surface area contributed by atoms with E-state index in [4.69, 9.17) is 0 Å². The van der Waals surface area contributed by atoms with Crippen LogP contribution in [0, 0.1) is 27.7 Å². The molecule has 0 radical (unpaired) electrons. The molecule has 10 aromatic rings. The zero-order valence-corrected chi connectivity index (χ0v) is 52.7. The molecule has 0 saturated heterocycles. The van der Waals surface area contributed by atoms with E-state index in [-0.39, 0.29) is 0 Å². The van der Waals surface area contributed by atoms with Crippen LogP contribution in [0.15, 0.2) is 219 Å². The highest BCUT2D eigenvalue weighted by Crippen LogP contribution is 2.29. The molecule has 422 valence electrons. The predicted molar refractivity (Wildman–Crippen MR) is 345 cm³/mol. The van der Waals surface area contributed by atoms with Gasteiger partial charge in [-0.15, -0.1) is 0 Å². The summed E-state index contributed by atoms with van der Waals surface area (Å²) in [7, 11) is 10.5. The second-order valence-corrected chi connectivity index (χ2v) is 22.7. The first-order chi connectivity index (χ1) is 39.3. The van der Waals surface area contributed by atoms with Gasteiger partial charge in [-0.2, -0.15) is 0 Å². The van der Waals surface area contributed by atoms with E-state index in [9.17, 15) is 0 Å². The summed E-state index contributed by atoms with van der Waals surface area (Å²) in [6, 6.07) is 66.8. The van der Waals surface area contributed by atoms with Crippen LogP contribution in [-0.2, 0) is 48.1 Å². The van der Waals surface area contributed by atoms with Gasteiger partial charge in [0.25, 0.3) is 0 Å². The van der Waals surface area contributed by atoms with Gasteiger partial charge in [0.2, 0.25) is 28.5 Å². The van der Waals surface area contributed by atoms with Gasteiger partial charge < -0.3 is 0 Å². The van der Waals surface area contributed by atoms with E-state index in [2.05, 4.69) is 354 Å². The van der Waals surface area contributed by atoms with Gasteiger partial charge in [0, 0.05) is 87.0 Å². The maximum Gasteiger partial charge on any atom is 0.215 e. The van der Waals surface area contributed by atoms with E-state index in [0.717, 1.165) is 12.8 Å². The molecule has 0 unspecified atom stereocenters. The molecule has 0 saturated carbocycles. The Morgan fingerprint density at radius 1 is 0.329 bits per heavy atom. The molecule has 5 aromatic carbocycles. The highest BCUT2D eigenvalue weighted by molar-refractivity contribution is 5.66. The quantitative estimate of drug-likeness (QED) is 0.122. The van der Waals surface area contributed by atoms with Gasteiger partial charge in [0.05, 0.1) is 0 Å². The van der Waals surface area contributed by atoms with Gasteiger partial charge in [0.1, 0.15) is 35.2 Å². The van der Waals surface area contributed by atoms with Gasteiger partial charge in [0.15, 0.2) is 31.0 Å². The summed E-state index contributed by atoms with van der Waals surface area (Å²) >= 11 is 0. The standard InChI is InChI=1S/2C16H20N.3C15H18N/c1-12(2)14-10-7-11-17(4)16(14)15-9-6-5-8-13(15)3;1-12(2)14-9-10-17(4)16(11-14)15-8-6-5-7-13(15)3;1-12(2)14-9-10-15(16(3)11-14)13-7-5-4-6-8-13;1-4-13-9-7-11-16(3)15(13)14-10-6-5-8-12(14)2;1-4-13-9-10-16(3)15(11-13)14-8-6-5-7-12(14)2/h2*5-12H,1-4H3;4-12H,1-3H3;2*5-11H,4H2,1-3H3/q5*+1. The Hall–Kier alpha value is -8.15. The molecular weight excluding hydrogens is 995 g/mol. The van der Waals surface area contributed by atoms with Crippen LogP contribution in [0.5, 0.6) is 0 Å². The average molecular weight is 1090 g/mol. The lowest BCUT2D eigenvalue weighted by atomic mass is 9.94. The number of benzene rings is 5. The lowest BCUT2D eigenvalue weighted by molar-refractivity contribution is -0.661. The molecule has 0 aliphatic rings. The Bertz CT molecular complexity index is 3640. The molecule has 5 aromatic heterocycles. The van der Waals surface area contributed by atoms with Crippen molar-refractivity contribution in [2.75, 3.05) is 0 Å². The van der Waals surface area contributed by atoms with Gasteiger partial charge in [-0.05, 0) is 146 Å². The molecule has 0 bridgehead atoms. The lowest BCUT2D eigenvalue weighted by Crippen LogP contribution is -2.32. The fourth-order valence-electron chi connectivity index (χ4n) is 10.4. The smallest absolute Gasteiger partial charge is 0.201 e. The molecule has 0 amide bonds. The third-order valence-electron chi connectivity index (χ3n) is 15.5. The predicted octanol–water partition coefficient (Wildman–Crippen LogP) is 16.6. The summed E-state index contributed by atoms with van der Waals surface area (Å²) in [6.07, 6.45) is 12.9. The zero-order chi connectivity index (χ0) is 59.5. The molecule has 0 aliphatic carbocycles. The average Bonchev–Trinajstić information content (AvgIpc) is 3.49. The second kappa shape index (κ2) is 30.6. The number of hydrogen-bond acceptors (Lipinski definition) is 0. The summed E-state index contributed by atoms with van der Waals surface area (Å²) in [4.78, 5) is 0. The van der Waals surface area contributed by atoms with Crippen molar-refractivity contribution in [3.8, 4) is 56.3 Å². The van der Waals surface area contributed by atoms with Crippen LogP contribution in [0.1, 0.15) is 123 Å². The van der Waals surface area contributed by atoms with Crippen molar-refractivity contribution >= 4 is 0 Å². The third-order valence-corrected chi connectivity index (χ3v) is 15.5. The summed E-state index contributed by atoms with van der Waals surface area (Å²) in [5, 5.41) is 0. The monoisotopic (exact) mass is 1090 g/mol. The molecule has 0 aliphatic heterocycles. The number of aromatic nitrogens is 5. The van der Waals surface area contributed by atoms with E-state index >= 15 is 0 Å². The zero-order valence-electron chi connectivity index (χ0n) is 52.7. The minimum Gasteiger partial charge on any atom is -0.201 e. The Labute approximate surface area is 494 Å². The van der Waals surface area contributed by atoms with Crippen LogP contribution in [-0.4, -0.2) is 0 Å². The molecule has 0 N–H and O–H groups in total. The molecule has 5 nitrogen and oxygen atoms in total. The minimum absolute atomic E-state index is 0.539. The van der Waals surface area contributed by atoms with Gasteiger partial charge in [-0.1, -0.05) is 146 Å². The SMILES string of the molecule is CC(C)c1ccc(-c2ccccc2)[n+](C)c1.CCc1cc[n+](C)c(-c2ccccc2C)c1.CCc1ccc[n+](C)c1-c1ccccc1C.Cc1ccccc1-c1c(C(C)C)ccc[n+]1C.Cc1ccccc1-c1cc(C(C)C)cc[n+]1C. The first kappa shape index (κ1) is 63.0. The van der Waals surface area contributed by atoms with E-state index < -0.39 is 0 Å². The molecule has 0 atom stereocenters. The molecule has 5 heteroatoms. The topological polar surface area (TPSA) is 19.4 Å². The molecular formula is C77H94N5+5. The third kappa shape index (κ3) is 16.7.